The first-order valence-electron chi connectivity index (χ1n) is 9.43. The molecule has 30 heavy (non-hydrogen) atoms. The predicted molar refractivity (Wildman–Crippen MR) is 123 cm³/mol. The van der Waals surface area contributed by atoms with Gasteiger partial charge in [0, 0.05) is 32.6 Å². The maximum absolute atomic E-state index is 6.43. The molecule has 0 amide bonds. The molecular weight excluding hydrogens is 417 g/mol. The lowest BCUT2D eigenvalue weighted by atomic mass is 10.1. The Bertz CT molecular complexity index is 1410. The second-order valence-electron chi connectivity index (χ2n) is 7.10. The summed E-state index contributed by atoms with van der Waals surface area (Å²) in [6.45, 7) is 1.98. The summed E-state index contributed by atoms with van der Waals surface area (Å²) in [5.74, 6) is 0.763. The molecular formula is C24H17Cl2N3O. The minimum atomic E-state index is 0.682. The summed E-state index contributed by atoms with van der Waals surface area (Å²) in [6, 6.07) is 19.5. The van der Waals surface area contributed by atoms with Crippen molar-refractivity contribution in [3.8, 4) is 22.7 Å². The first kappa shape index (κ1) is 18.9. The number of halogens is 2. The zero-order valence-corrected chi connectivity index (χ0v) is 17.9. The van der Waals surface area contributed by atoms with Gasteiger partial charge in [-0.15, -0.1) is 0 Å². The molecule has 0 aliphatic rings. The van der Waals surface area contributed by atoms with Gasteiger partial charge in [0.25, 0.3) is 0 Å². The van der Waals surface area contributed by atoms with Crippen molar-refractivity contribution < 1.29 is 4.74 Å². The van der Waals surface area contributed by atoms with E-state index in [2.05, 4.69) is 4.98 Å². The number of fused-ring (bicyclic) bond motifs is 3. The zero-order valence-electron chi connectivity index (χ0n) is 16.4. The van der Waals surface area contributed by atoms with Gasteiger partial charge in [-0.25, -0.2) is 4.68 Å². The molecule has 0 unspecified atom stereocenters. The van der Waals surface area contributed by atoms with E-state index in [0.29, 0.717) is 10.0 Å². The molecule has 5 rings (SSSR count). The van der Waals surface area contributed by atoms with Crippen molar-refractivity contribution in [3.05, 3.63) is 82.5 Å². The largest absolute Gasteiger partial charge is 0.497 e. The Balaban J connectivity index is 1.89. The molecule has 5 aromatic rings. The van der Waals surface area contributed by atoms with Gasteiger partial charge in [-0.3, -0.25) is 4.98 Å². The predicted octanol–water partition coefficient (Wildman–Crippen LogP) is 6.86. The van der Waals surface area contributed by atoms with E-state index in [1.807, 2.05) is 78.5 Å². The van der Waals surface area contributed by atoms with Gasteiger partial charge in [0.05, 0.1) is 23.8 Å². The number of pyridine rings is 1. The normalized spacial score (nSPS) is 11.3. The Kier molecular flexibility index (Phi) is 4.61. The Labute approximate surface area is 183 Å². The molecule has 2 heterocycles. The van der Waals surface area contributed by atoms with E-state index < -0.39 is 0 Å². The van der Waals surface area contributed by atoms with Crippen LogP contribution in [0.15, 0.2) is 66.9 Å². The van der Waals surface area contributed by atoms with Gasteiger partial charge >= 0.3 is 0 Å². The highest BCUT2D eigenvalue weighted by Crippen LogP contribution is 2.35. The van der Waals surface area contributed by atoms with Crippen molar-refractivity contribution in [2.75, 3.05) is 7.11 Å². The fraction of sp³-hybridized carbons (Fsp3) is 0.0833. The molecule has 0 aliphatic carbocycles. The van der Waals surface area contributed by atoms with Crippen molar-refractivity contribution in [2.24, 2.45) is 0 Å². The summed E-state index contributed by atoms with van der Waals surface area (Å²) < 4.78 is 7.39. The number of nitrogens with zero attached hydrogens (tertiary/aromatic N) is 3. The highest BCUT2D eigenvalue weighted by molar-refractivity contribution is 6.31. The number of rotatable bonds is 3. The molecule has 0 atom stereocenters. The third-order valence-corrected chi connectivity index (χ3v) is 5.89. The minimum absolute atomic E-state index is 0.682. The van der Waals surface area contributed by atoms with Crippen molar-refractivity contribution in [1.29, 1.82) is 0 Å². The summed E-state index contributed by atoms with van der Waals surface area (Å²) in [5.41, 5.74) is 5.50. The van der Waals surface area contributed by atoms with E-state index in [0.717, 1.165) is 50.1 Å². The molecule has 0 spiro atoms. The molecule has 0 fully saturated rings. The lowest BCUT2D eigenvalue weighted by Crippen LogP contribution is -1.98. The Morgan fingerprint density at radius 2 is 1.70 bits per heavy atom. The lowest BCUT2D eigenvalue weighted by molar-refractivity contribution is 0.415. The fourth-order valence-corrected chi connectivity index (χ4v) is 3.91. The maximum atomic E-state index is 6.43. The van der Waals surface area contributed by atoms with E-state index in [4.69, 9.17) is 33.0 Å². The summed E-state index contributed by atoms with van der Waals surface area (Å²) >= 11 is 12.5. The van der Waals surface area contributed by atoms with Gasteiger partial charge in [-0.2, -0.15) is 5.10 Å². The van der Waals surface area contributed by atoms with E-state index in [1.54, 1.807) is 7.11 Å². The van der Waals surface area contributed by atoms with Gasteiger partial charge in [0.15, 0.2) is 0 Å². The fourth-order valence-electron chi connectivity index (χ4n) is 3.61. The van der Waals surface area contributed by atoms with Crippen LogP contribution in [0.25, 0.3) is 38.8 Å². The number of ether oxygens (including phenoxy) is 1. The van der Waals surface area contributed by atoms with Gasteiger partial charge in [-0.05, 0) is 55.0 Å². The van der Waals surface area contributed by atoms with Crippen LogP contribution in [0.3, 0.4) is 0 Å². The number of hydrogen-bond acceptors (Lipinski definition) is 3. The quantitative estimate of drug-likeness (QED) is 0.311. The number of hydrogen-bond donors (Lipinski definition) is 0. The van der Waals surface area contributed by atoms with Crippen LogP contribution in [0, 0.1) is 6.92 Å². The first-order chi connectivity index (χ1) is 14.5. The molecule has 6 heteroatoms. The summed E-state index contributed by atoms with van der Waals surface area (Å²) in [5, 5.41) is 8.24. The van der Waals surface area contributed by atoms with E-state index in [1.165, 1.54) is 0 Å². The summed E-state index contributed by atoms with van der Waals surface area (Å²) in [4.78, 5) is 4.67. The van der Waals surface area contributed by atoms with Crippen LogP contribution in [0.2, 0.25) is 10.0 Å². The smallest absolute Gasteiger partial charge is 0.119 e. The second kappa shape index (κ2) is 7.31. The van der Waals surface area contributed by atoms with E-state index >= 15 is 0 Å². The molecule has 0 saturated heterocycles. The minimum Gasteiger partial charge on any atom is -0.497 e. The highest BCUT2D eigenvalue weighted by Gasteiger charge is 2.18. The standard InChI is InChI=1S/C24H17Cl2N3O/c1-14-3-8-17(11-21(14)26)29-24-19-12-18(30-2)9-10-22(19)27-13-20(24)23(28-29)15-4-6-16(25)7-5-15/h3-13H,1-2H3. The molecule has 4 nitrogen and oxygen atoms in total. The van der Waals surface area contributed by atoms with Gasteiger partial charge in [0.2, 0.25) is 0 Å². The number of benzene rings is 3. The maximum Gasteiger partial charge on any atom is 0.119 e. The molecule has 0 radical (unpaired) electrons. The first-order valence-corrected chi connectivity index (χ1v) is 10.2. The van der Waals surface area contributed by atoms with Crippen LogP contribution in [0.4, 0.5) is 0 Å². The zero-order chi connectivity index (χ0) is 20.8. The molecule has 0 N–H and O–H groups in total. The third kappa shape index (κ3) is 3.09. The SMILES string of the molecule is COc1ccc2ncc3c(-c4ccc(Cl)cc4)nn(-c4ccc(C)c(Cl)c4)c3c2c1. The van der Waals surface area contributed by atoms with Gasteiger partial charge in [0.1, 0.15) is 11.4 Å². The van der Waals surface area contributed by atoms with Gasteiger partial charge in [-0.1, -0.05) is 41.4 Å². The highest BCUT2D eigenvalue weighted by atomic mass is 35.5. The van der Waals surface area contributed by atoms with Crippen LogP contribution in [-0.2, 0) is 0 Å². The lowest BCUT2D eigenvalue weighted by Gasteiger charge is -2.08. The van der Waals surface area contributed by atoms with Crippen molar-refractivity contribution in [1.82, 2.24) is 14.8 Å². The molecule has 3 aromatic carbocycles. The van der Waals surface area contributed by atoms with Crippen LogP contribution < -0.4 is 4.74 Å². The second-order valence-corrected chi connectivity index (χ2v) is 7.95. The molecule has 2 aromatic heterocycles. The third-order valence-electron chi connectivity index (χ3n) is 5.23. The molecule has 0 bridgehead atoms. The van der Waals surface area contributed by atoms with Crippen LogP contribution in [0.5, 0.6) is 5.75 Å². The number of aromatic nitrogens is 3. The molecule has 0 aliphatic heterocycles. The van der Waals surface area contributed by atoms with Gasteiger partial charge < -0.3 is 4.74 Å². The topological polar surface area (TPSA) is 39.9 Å². The summed E-state index contributed by atoms with van der Waals surface area (Å²) in [7, 11) is 1.66. The Hall–Kier alpha value is -3.08. The number of aryl methyl sites for hydroxylation is 1. The van der Waals surface area contributed by atoms with Crippen molar-refractivity contribution >= 4 is 45.0 Å². The van der Waals surface area contributed by atoms with Crippen molar-refractivity contribution in [2.45, 2.75) is 6.92 Å². The Morgan fingerprint density at radius 3 is 2.43 bits per heavy atom. The average molecular weight is 434 g/mol. The molecule has 148 valence electrons. The molecule has 0 saturated carbocycles. The van der Waals surface area contributed by atoms with Crippen LogP contribution >= 0.6 is 23.2 Å². The van der Waals surface area contributed by atoms with Crippen LogP contribution in [-0.4, -0.2) is 21.9 Å². The number of methoxy groups -OCH3 is 1. The Morgan fingerprint density at radius 1 is 0.900 bits per heavy atom. The van der Waals surface area contributed by atoms with Crippen LogP contribution in [0.1, 0.15) is 5.56 Å². The monoisotopic (exact) mass is 433 g/mol. The van der Waals surface area contributed by atoms with E-state index in [-0.39, 0.29) is 0 Å². The van der Waals surface area contributed by atoms with E-state index in [9.17, 15) is 0 Å². The summed E-state index contributed by atoms with van der Waals surface area (Å²) in [6.07, 6.45) is 1.87. The van der Waals surface area contributed by atoms with Crippen molar-refractivity contribution in [3.63, 3.8) is 0 Å². The average Bonchev–Trinajstić information content (AvgIpc) is 3.16.